The fraction of sp³-hybridized carbons (Fsp3) is 0.133. The van der Waals surface area contributed by atoms with E-state index in [9.17, 15) is 10.1 Å². The topological polar surface area (TPSA) is 76.2 Å². The predicted octanol–water partition coefficient (Wildman–Crippen LogP) is 4.53. The van der Waals surface area contributed by atoms with Gasteiger partial charge in [-0.15, -0.1) is 0 Å². The molecule has 0 bridgehead atoms. The van der Waals surface area contributed by atoms with E-state index >= 15 is 0 Å². The highest BCUT2D eigenvalue weighted by Crippen LogP contribution is 2.33. The molecule has 0 heterocycles. The number of nitro benzene ring substituents is 1. The van der Waals surface area contributed by atoms with Crippen molar-refractivity contribution in [1.82, 2.24) is 0 Å². The van der Waals surface area contributed by atoms with Crippen LogP contribution in [0.25, 0.3) is 0 Å². The van der Waals surface area contributed by atoms with E-state index in [2.05, 4.69) is 0 Å². The summed E-state index contributed by atoms with van der Waals surface area (Å²) in [7, 11) is 0. The third kappa shape index (κ3) is 3.12. The van der Waals surface area contributed by atoms with Crippen LogP contribution in [0.15, 0.2) is 30.3 Å². The first-order chi connectivity index (χ1) is 9.92. The van der Waals surface area contributed by atoms with Gasteiger partial charge in [0.2, 0.25) is 0 Å². The molecule has 0 N–H and O–H groups in total. The number of benzene rings is 2. The van der Waals surface area contributed by atoms with Crippen molar-refractivity contribution < 1.29 is 9.66 Å². The van der Waals surface area contributed by atoms with Gasteiger partial charge in [-0.2, -0.15) is 5.26 Å². The van der Waals surface area contributed by atoms with Crippen molar-refractivity contribution >= 4 is 17.3 Å². The lowest BCUT2D eigenvalue weighted by molar-refractivity contribution is -0.385. The second-order valence-electron chi connectivity index (χ2n) is 4.52. The molecule has 0 radical (unpaired) electrons. The summed E-state index contributed by atoms with van der Waals surface area (Å²) < 4.78 is 5.70. The van der Waals surface area contributed by atoms with Crippen molar-refractivity contribution in [3.05, 3.63) is 62.2 Å². The van der Waals surface area contributed by atoms with Gasteiger partial charge in [-0.05, 0) is 37.6 Å². The summed E-state index contributed by atoms with van der Waals surface area (Å²) >= 11 is 5.90. The molecule has 21 heavy (non-hydrogen) atoms. The standard InChI is InChI=1S/C15H11ClN2O3/c1-9-6-14(10(2)5-13(9)18(19)20)21-15-7-12(16)4-3-11(15)8-17/h3-7H,1-2H3. The number of hydrogen-bond acceptors (Lipinski definition) is 4. The van der Waals surface area contributed by atoms with E-state index in [1.54, 1.807) is 32.0 Å². The third-order valence-corrected chi connectivity index (χ3v) is 3.21. The second-order valence-corrected chi connectivity index (χ2v) is 4.95. The van der Waals surface area contributed by atoms with Gasteiger partial charge in [-0.3, -0.25) is 10.1 Å². The molecule has 0 aliphatic carbocycles. The van der Waals surface area contributed by atoms with Crippen molar-refractivity contribution in [3.63, 3.8) is 0 Å². The molecule has 5 nitrogen and oxygen atoms in total. The summed E-state index contributed by atoms with van der Waals surface area (Å²) in [4.78, 5) is 10.5. The molecule has 0 saturated heterocycles. The highest BCUT2D eigenvalue weighted by molar-refractivity contribution is 6.30. The first kappa shape index (κ1) is 14.8. The quantitative estimate of drug-likeness (QED) is 0.616. The highest BCUT2D eigenvalue weighted by Gasteiger charge is 2.15. The van der Waals surface area contributed by atoms with Gasteiger partial charge in [-0.1, -0.05) is 11.6 Å². The van der Waals surface area contributed by atoms with Gasteiger partial charge in [0.15, 0.2) is 0 Å². The van der Waals surface area contributed by atoms with Crippen molar-refractivity contribution in [2.24, 2.45) is 0 Å². The summed E-state index contributed by atoms with van der Waals surface area (Å²) in [6.45, 7) is 3.34. The minimum Gasteiger partial charge on any atom is -0.456 e. The number of hydrogen-bond donors (Lipinski definition) is 0. The Kier molecular flexibility index (Phi) is 4.10. The van der Waals surface area contributed by atoms with Crippen LogP contribution in [-0.2, 0) is 0 Å². The molecule has 0 fully saturated rings. The minimum absolute atomic E-state index is 0.0338. The van der Waals surface area contributed by atoms with E-state index in [4.69, 9.17) is 21.6 Å². The summed E-state index contributed by atoms with van der Waals surface area (Å²) in [6, 6.07) is 9.74. The molecular formula is C15H11ClN2O3. The van der Waals surface area contributed by atoms with Gasteiger partial charge >= 0.3 is 0 Å². The molecule has 0 amide bonds. The van der Waals surface area contributed by atoms with Crippen molar-refractivity contribution in [1.29, 1.82) is 5.26 Å². The Labute approximate surface area is 126 Å². The first-order valence-electron chi connectivity index (χ1n) is 6.05. The van der Waals surface area contributed by atoms with Crippen LogP contribution >= 0.6 is 11.6 Å². The van der Waals surface area contributed by atoms with E-state index in [1.807, 2.05) is 6.07 Å². The lowest BCUT2D eigenvalue weighted by Gasteiger charge is -2.11. The van der Waals surface area contributed by atoms with Crippen LogP contribution in [0.1, 0.15) is 16.7 Å². The van der Waals surface area contributed by atoms with Gasteiger partial charge in [0.1, 0.15) is 17.6 Å². The third-order valence-electron chi connectivity index (χ3n) is 2.97. The van der Waals surface area contributed by atoms with Gasteiger partial charge in [0.25, 0.3) is 5.69 Å². The molecule has 0 saturated carbocycles. The predicted molar refractivity (Wildman–Crippen MR) is 78.8 cm³/mol. The molecule has 0 aliphatic rings. The Bertz CT molecular complexity index is 766. The largest absolute Gasteiger partial charge is 0.456 e. The lowest BCUT2D eigenvalue weighted by Crippen LogP contribution is -1.96. The van der Waals surface area contributed by atoms with E-state index in [0.29, 0.717) is 33.2 Å². The average molecular weight is 303 g/mol. The monoisotopic (exact) mass is 302 g/mol. The maximum atomic E-state index is 10.9. The number of nitro groups is 1. The Morgan fingerprint density at radius 3 is 2.52 bits per heavy atom. The van der Waals surface area contributed by atoms with Crippen LogP contribution < -0.4 is 4.74 Å². The van der Waals surface area contributed by atoms with Crippen LogP contribution in [0.2, 0.25) is 5.02 Å². The number of aryl methyl sites for hydroxylation is 2. The Morgan fingerprint density at radius 1 is 1.19 bits per heavy atom. The molecule has 0 spiro atoms. The SMILES string of the molecule is Cc1cc([N+](=O)[O-])c(C)cc1Oc1cc(Cl)ccc1C#N. The zero-order chi connectivity index (χ0) is 15.6. The van der Waals surface area contributed by atoms with E-state index < -0.39 is 4.92 Å². The maximum Gasteiger partial charge on any atom is 0.272 e. The van der Waals surface area contributed by atoms with Crippen LogP contribution in [-0.4, -0.2) is 4.92 Å². The van der Waals surface area contributed by atoms with Crippen molar-refractivity contribution in [2.45, 2.75) is 13.8 Å². The van der Waals surface area contributed by atoms with E-state index in [1.165, 1.54) is 12.1 Å². The summed E-state index contributed by atoms with van der Waals surface area (Å²) in [5.41, 5.74) is 1.47. The molecule has 0 aromatic heterocycles. The Balaban J connectivity index is 2.46. The number of halogens is 1. The van der Waals surface area contributed by atoms with Crippen LogP contribution in [0.3, 0.4) is 0 Å². The smallest absolute Gasteiger partial charge is 0.272 e. The molecule has 2 aromatic carbocycles. The van der Waals surface area contributed by atoms with Crippen LogP contribution in [0.5, 0.6) is 11.5 Å². The number of rotatable bonds is 3. The van der Waals surface area contributed by atoms with Crippen LogP contribution in [0, 0.1) is 35.3 Å². The zero-order valence-corrected chi connectivity index (χ0v) is 12.1. The fourth-order valence-electron chi connectivity index (χ4n) is 1.87. The molecule has 6 heteroatoms. The molecule has 0 atom stereocenters. The summed E-state index contributed by atoms with van der Waals surface area (Å²) in [6.07, 6.45) is 0. The van der Waals surface area contributed by atoms with Crippen molar-refractivity contribution in [2.75, 3.05) is 0 Å². The summed E-state index contributed by atoms with van der Waals surface area (Å²) in [5.74, 6) is 0.776. The molecule has 2 rings (SSSR count). The normalized spacial score (nSPS) is 10.0. The Morgan fingerprint density at radius 2 is 1.90 bits per heavy atom. The highest BCUT2D eigenvalue weighted by atomic mass is 35.5. The van der Waals surface area contributed by atoms with Gasteiger partial charge in [0, 0.05) is 22.7 Å². The molecule has 0 aliphatic heterocycles. The van der Waals surface area contributed by atoms with E-state index in [-0.39, 0.29) is 5.69 Å². The lowest BCUT2D eigenvalue weighted by atomic mass is 10.1. The number of nitrogens with zero attached hydrogens (tertiary/aromatic N) is 2. The number of nitriles is 1. The minimum atomic E-state index is -0.438. The average Bonchev–Trinajstić information content (AvgIpc) is 2.42. The molecule has 2 aromatic rings. The molecule has 0 unspecified atom stereocenters. The number of ether oxygens (including phenoxy) is 1. The fourth-order valence-corrected chi connectivity index (χ4v) is 2.03. The van der Waals surface area contributed by atoms with Gasteiger partial charge < -0.3 is 4.74 Å². The summed E-state index contributed by atoms with van der Waals surface area (Å²) in [5, 5.41) is 20.4. The maximum absolute atomic E-state index is 10.9. The first-order valence-corrected chi connectivity index (χ1v) is 6.43. The van der Waals surface area contributed by atoms with Gasteiger partial charge in [-0.25, -0.2) is 0 Å². The molecule has 106 valence electrons. The second kappa shape index (κ2) is 5.81. The Hall–Kier alpha value is -2.58. The van der Waals surface area contributed by atoms with E-state index in [0.717, 1.165) is 0 Å². The molecular weight excluding hydrogens is 292 g/mol. The van der Waals surface area contributed by atoms with Crippen molar-refractivity contribution in [3.8, 4) is 17.6 Å². The zero-order valence-electron chi connectivity index (χ0n) is 11.4. The van der Waals surface area contributed by atoms with Gasteiger partial charge in [0.05, 0.1) is 10.5 Å². The van der Waals surface area contributed by atoms with Crippen LogP contribution in [0.4, 0.5) is 5.69 Å².